The first-order chi connectivity index (χ1) is 11.1. The summed E-state index contributed by atoms with van der Waals surface area (Å²) >= 11 is 13.4. The molecule has 0 aliphatic heterocycles. The minimum absolute atomic E-state index is 0.130. The molecule has 132 valence electrons. The fourth-order valence-corrected chi connectivity index (χ4v) is 3.48. The Morgan fingerprint density at radius 2 is 1.79 bits per heavy atom. The van der Waals surface area contributed by atoms with Gasteiger partial charge in [0.25, 0.3) is 0 Å². The molecule has 2 aromatic rings. The van der Waals surface area contributed by atoms with E-state index in [1.54, 1.807) is 25.3 Å². The Morgan fingerprint density at radius 1 is 1.25 bits per heavy atom. The Morgan fingerprint density at radius 3 is 2.17 bits per heavy atom. The monoisotopic (exact) mass is 399 g/mol. The highest BCUT2D eigenvalue weighted by Crippen LogP contribution is 2.40. The van der Waals surface area contributed by atoms with Crippen molar-refractivity contribution in [1.82, 2.24) is 9.78 Å². The summed E-state index contributed by atoms with van der Waals surface area (Å²) in [5.41, 5.74) is -0.267. The standard InChI is InChI=1S/C14H14Cl2F3N3OS/c1-21(2)13-8(6-23)12(24-3)20-22(13)11-9(15)4-7(5-10(11)16)14(17,18)19/h4-5,23H,6H2,1-3H3. The highest BCUT2D eigenvalue weighted by Gasteiger charge is 2.33. The van der Waals surface area contributed by atoms with E-state index in [4.69, 9.17) is 23.2 Å². The molecule has 10 heteroatoms. The lowest BCUT2D eigenvalue weighted by Crippen LogP contribution is -2.16. The molecule has 0 atom stereocenters. The average Bonchev–Trinajstić information content (AvgIpc) is 2.83. The van der Waals surface area contributed by atoms with E-state index in [2.05, 4.69) is 5.10 Å². The van der Waals surface area contributed by atoms with Crippen molar-refractivity contribution in [3.63, 3.8) is 0 Å². The molecule has 0 aliphatic carbocycles. The van der Waals surface area contributed by atoms with Gasteiger partial charge in [0.05, 0.1) is 27.8 Å². The number of nitrogens with zero attached hydrogens (tertiary/aromatic N) is 3. The highest BCUT2D eigenvalue weighted by atomic mass is 35.5. The molecular weight excluding hydrogens is 386 g/mol. The quantitative estimate of drug-likeness (QED) is 0.769. The van der Waals surface area contributed by atoms with Gasteiger partial charge in [-0.05, 0) is 18.4 Å². The molecule has 0 bridgehead atoms. The summed E-state index contributed by atoms with van der Waals surface area (Å²) in [6.45, 7) is -0.278. The Hall–Kier alpha value is -1.09. The van der Waals surface area contributed by atoms with Gasteiger partial charge in [0, 0.05) is 14.1 Å². The normalized spacial score (nSPS) is 11.9. The SMILES string of the molecule is CSc1nn(-c2c(Cl)cc(C(F)(F)F)cc2Cl)c(N(C)C)c1CO. The molecule has 2 rings (SSSR count). The number of halogens is 5. The van der Waals surface area contributed by atoms with Crippen LogP contribution in [0.5, 0.6) is 0 Å². The molecule has 0 radical (unpaired) electrons. The maximum Gasteiger partial charge on any atom is 0.416 e. The van der Waals surface area contributed by atoms with Crippen LogP contribution in [0.2, 0.25) is 10.0 Å². The topological polar surface area (TPSA) is 41.3 Å². The van der Waals surface area contributed by atoms with Crippen LogP contribution in [-0.2, 0) is 12.8 Å². The summed E-state index contributed by atoms with van der Waals surface area (Å²) < 4.78 is 40.0. The van der Waals surface area contributed by atoms with Gasteiger partial charge in [-0.15, -0.1) is 11.8 Å². The average molecular weight is 400 g/mol. The van der Waals surface area contributed by atoms with E-state index in [-0.39, 0.29) is 22.3 Å². The maximum absolute atomic E-state index is 12.9. The summed E-state index contributed by atoms with van der Waals surface area (Å²) in [7, 11) is 3.45. The molecule has 0 fully saturated rings. The van der Waals surface area contributed by atoms with Crippen LogP contribution in [0, 0.1) is 0 Å². The van der Waals surface area contributed by atoms with Crippen LogP contribution in [0.3, 0.4) is 0 Å². The molecule has 0 unspecified atom stereocenters. The van der Waals surface area contributed by atoms with Gasteiger partial charge in [0.1, 0.15) is 16.5 Å². The number of aromatic nitrogens is 2. The summed E-state index contributed by atoms with van der Waals surface area (Å²) in [5.74, 6) is 0.491. The molecule has 1 aromatic carbocycles. The molecule has 0 amide bonds. The van der Waals surface area contributed by atoms with E-state index in [0.717, 1.165) is 12.1 Å². The molecule has 0 aliphatic rings. The van der Waals surface area contributed by atoms with Crippen molar-refractivity contribution in [3.8, 4) is 5.69 Å². The molecule has 4 nitrogen and oxygen atoms in total. The third kappa shape index (κ3) is 3.46. The van der Waals surface area contributed by atoms with Crippen molar-refractivity contribution < 1.29 is 18.3 Å². The van der Waals surface area contributed by atoms with Crippen molar-refractivity contribution in [3.05, 3.63) is 33.3 Å². The summed E-state index contributed by atoms with van der Waals surface area (Å²) in [6.07, 6.45) is -2.78. The van der Waals surface area contributed by atoms with E-state index in [0.29, 0.717) is 16.4 Å². The number of hydrogen-bond acceptors (Lipinski definition) is 4. The minimum atomic E-state index is -4.55. The molecule has 0 saturated carbocycles. The molecule has 24 heavy (non-hydrogen) atoms. The van der Waals surface area contributed by atoms with E-state index >= 15 is 0 Å². The second kappa shape index (κ2) is 7.03. The number of anilines is 1. The number of aliphatic hydroxyl groups excluding tert-OH is 1. The molecular formula is C14H14Cl2F3N3OS. The molecule has 1 heterocycles. The fourth-order valence-electron chi connectivity index (χ4n) is 2.27. The number of rotatable bonds is 4. The van der Waals surface area contributed by atoms with Gasteiger partial charge in [-0.3, -0.25) is 0 Å². The van der Waals surface area contributed by atoms with Crippen molar-refractivity contribution >= 4 is 40.8 Å². The van der Waals surface area contributed by atoms with E-state index in [1.165, 1.54) is 16.4 Å². The summed E-state index contributed by atoms with van der Waals surface area (Å²) in [4.78, 5) is 1.68. The van der Waals surface area contributed by atoms with Crippen molar-refractivity contribution in [1.29, 1.82) is 0 Å². The van der Waals surface area contributed by atoms with Crippen molar-refractivity contribution in [2.45, 2.75) is 17.8 Å². The molecule has 1 aromatic heterocycles. The first-order valence-corrected chi connectivity index (χ1v) is 8.60. The van der Waals surface area contributed by atoms with E-state index < -0.39 is 11.7 Å². The van der Waals surface area contributed by atoms with E-state index in [9.17, 15) is 18.3 Å². The zero-order chi connectivity index (χ0) is 18.2. The second-order valence-corrected chi connectivity index (χ2v) is 6.67. The first-order valence-electron chi connectivity index (χ1n) is 6.62. The second-order valence-electron chi connectivity index (χ2n) is 5.06. The number of aliphatic hydroxyl groups is 1. The lowest BCUT2D eigenvalue weighted by molar-refractivity contribution is -0.137. The number of thioether (sulfide) groups is 1. The van der Waals surface area contributed by atoms with Gasteiger partial charge in [0.2, 0.25) is 0 Å². The van der Waals surface area contributed by atoms with Crippen LogP contribution in [0.4, 0.5) is 19.0 Å². The minimum Gasteiger partial charge on any atom is -0.391 e. The third-order valence-electron chi connectivity index (χ3n) is 3.25. The first kappa shape index (κ1) is 19.2. The van der Waals surface area contributed by atoms with Crippen LogP contribution in [-0.4, -0.2) is 35.2 Å². The van der Waals surface area contributed by atoms with Gasteiger partial charge in [-0.25, -0.2) is 4.68 Å². The van der Waals surface area contributed by atoms with Crippen LogP contribution < -0.4 is 4.90 Å². The smallest absolute Gasteiger partial charge is 0.391 e. The van der Waals surface area contributed by atoms with Gasteiger partial charge in [0.15, 0.2) is 0 Å². The summed E-state index contributed by atoms with van der Waals surface area (Å²) in [6, 6.07) is 1.61. The van der Waals surface area contributed by atoms with Gasteiger partial charge in [-0.2, -0.15) is 18.3 Å². The Labute approximate surface area is 151 Å². The third-order valence-corrected chi connectivity index (χ3v) is 4.54. The maximum atomic E-state index is 12.9. The van der Waals surface area contributed by atoms with Crippen LogP contribution in [0.15, 0.2) is 17.2 Å². The van der Waals surface area contributed by atoms with Crippen molar-refractivity contribution in [2.75, 3.05) is 25.3 Å². The Balaban J connectivity index is 2.75. The molecule has 1 N–H and O–H groups in total. The number of alkyl halides is 3. The van der Waals surface area contributed by atoms with Crippen molar-refractivity contribution in [2.24, 2.45) is 0 Å². The van der Waals surface area contributed by atoms with Gasteiger partial charge in [-0.1, -0.05) is 23.2 Å². The zero-order valence-corrected chi connectivity index (χ0v) is 15.3. The van der Waals surface area contributed by atoms with Crippen LogP contribution >= 0.6 is 35.0 Å². The lowest BCUT2D eigenvalue weighted by Gasteiger charge is -2.19. The number of hydrogen-bond donors (Lipinski definition) is 1. The van der Waals surface area contributed by atoms with Gasteiger partial charge >= 0.3 is 6.18 Å². The summed E-state index contributed by atoms with van der Waals surface area (Å²) in [5, 5.41) is 14.1. The molecule has 0 saturated heterocycles. The highest BCUT2D eigenvalue weighted by molar-refractivity contribution is 7.98. The number of benzene rings is 1. The van der Waals surface area contributed by atoms with Crippen LogP contribution in [0.1, 0.15) is 11.1 Å². The predicted molar refractivity (Wildman–Crippen MR) is 90.6 cm³/mol. The largest absolute Gasteiger partial charge is 0.416 e. The molecule has 0 spiro atoms. The fraction of sp³-hybridized carbons (Fsp3) is 0.357. The Bertz CT molecular complexity index is 739. The Kier molecular flexibility index (Phi) is 5.64. The van der Waals surface area contributed by atoms with E-state index in [1.807, 2.05) is 0 Å². The van der Waals surface area contributed by atoms with Gasteiger partial charge < -0.3 is 10.0 Å². The zero-order valence-electron chi connectivity index (χ0n) is 12.9. The van der Waals surface area contributed by atoms with Crippen LogP contribution in [0.25, 0.3) is 5.69 Å². The predicted octanol–water partition coefficient (Wildman–Crippen LogP) is 4.48. The lowest BCUT2D eigenvalue weighted by atomic mass is 10.2.